The second-order valence-electron chi connectivity index (χ2n) is 2.05. The van der Waals surface area contributed by atoms with E-state index in [9.17, 15) is 4.79 Å². The third-order valence-corrected chi connectivity index (χ3v) is 1.93. The molecule has 0 aromatic heterocycles. The number of hydrogen-bond donors (Lipinski definition) is 1. The molecule has 0 saturated carbocycles. The zero-order chi connectivity index (χ0) is 7.98. The Hall–Kier alpha value is -0.0600. The summed E-state index contributed by atoms with van der Waals surface area (Å²) < 4.78 is 1.09. The second kappa shape index (κ2) is 5.70. The SMILES string of the molecule is C=C(CCCCI)C(=O)O. The lowest BCUT2D eigenvalue weighted by Gasteiger charge is -1.96. The fourth-order valence-electron chi connectivity index (χ4n) is 0.540. The van der Waals surface area contributed by atoms with Crippen molar-refractivity contribution in [2.24, 2.45) is 0 Å². The Morgan fingerprint density at radius 1 is 1.50 bits per heavy atom. The van der Waals surface area contributed by atoms with Gasteiger partial charge in [0.15, 0.2) is 0 Å². The highest BCUT2D eigenvalue weighted by Gasteiger charge is 2.01. The molecule has 0 rings (SSSR count). The van der Waals surface area contributed by atoms with E-state index >= 15 is 0 Å². The van der Waals surface area contributed by atoms with Gasteiger partial charge in [-0.15, -0.1) is 0 Å². The predicted molar refractivity (Wildman–Crippen MR) is 49.5 cm³/mol. The number of carboxylic acids is 1. The molecule has 0 atom stereocenters. The van der Waals surface area contributed by atoms with Gasteiger partial charge in [0.2, 0.25) is 0 Å². The molecular weight excluding hydrogens is 243 g/mol. The van der Waals surface area contributed by atoms with Crippen molar-refractivity contribution in [1.29, 1.82) is 0 Å². The van der Waals surface area contributed by atoms with E-state index in [1.165, 1.54) is 0 Å². The molecule has 2 nitrogen and oxygen atoms in total. The molecule has 1 N–H and O–H groups in total. The molecular formula is C7H11IO2. The van der Waals surface area contributed by atoms with Crippen LogP contribution in [0.1, 0.15) is 19.3 Å². The normalized spacial score (nSPS) is 9.30. The quantitative estimate of drug-likeness (QED) is 0.353. The van der Waals surface area contributed by atoms with Crippen molar-refractivity contribution in [3.05, 3.63) is 12.2 Å². The van der Waals surface area contributed by atoms with Crippen LogP contribution in [0.3, 0.4) is 0 Å². The maximum absolute atomic E-state index is 10.2. The lowest BCUT2D eigenvalue weighted by Crippen LogP contribution is -1.98. The Bertz CT molecular complexity index is 132. The monoisotopic (exact) mass is 254 g/mol. The number of halogens is 1. The Balaban J connectivity index is 3.31. The molecule has 0 aromatic rings. The van der Waals surface area contributed by atoms with Gasteiger partial charge in [-0.3, -0.25) is 0 Å². The highest BCUT2D eigenvalue weighted by Crippen LogP contribution is 2.06. The molecule has 0 amide bonds. The van der Waals surface area contributed by atoms with Gasteiger partial charge in [0, 0.05) is 5.57 Å². The molecule has 10 heavy (non-hydrogen) atoms. The summed E-state index contributed by atoms with van der Waals surface area (Å²) in [4.78, 5) is 10.2. The molecule has 0 bridgehead atoms. The van der Waals surface area contributed by atoms with Crippen molar-refractivity contribution in [3.8, 4) is 0 Å². The van der Waals surface area contributed by atoms with Gasteiger partial charge in [-0.1, -0.05) is 29.2 Å². The average Bonchev–Trinajstić information content (AvgIpc) is 1.88. The maximum Gasteiger partial charge on any atom is 0.330 e. The highest BCUT2D eigenvalue weighted by atomic mass is 127. The van der Waals surface area contributed by atoms with Crippen molar-refractivity contribution in [2.75, 3.05) is 4.43 Å². The number of aliphatic carboxylic acids is 1. The first-order valence-corrected chi connectivity index (χ1v) is 4.68. The summed E-state index contributed by atoms with van der Waals surface area (Å²) in [6.45, 7) is 3.42. The predicted octanol–water partition coefficient (Wildman–Crippen LogP) is 2.23. The van der Waals surface area contributed by atoms with Gasteiger partial charge in [0.05, 0.1) is 0 Å². The van der Waals surface area contributed by atoms with E-state index in [1.807, 2.05) is 0 Å². The summed E-state index contributed by atoms with van der Waals surface area (Å²) >= 11 is 2.27. The molecule has 58 valence electrons. The third kappa shape index (κ3) is 4.78. The smallest absolute Gasteiger partial charge is 0.330 e. The van der Waals surface area contributed by atoms with Gasteiger partial charge in [0.1, 0.15) is 0 Å². The van der Waals surface area contributed by atoms with E-state index in [4.69, 9.17) is 5.11 Å². The van der Waals surface area contributed by atoms with E-state index in [1.54, 1.807) is 0 Å². The lowest BCUT2D eigenvalue weighted by atomic mass is 10.1. The van der Waals surface area contributed by atoms with Gasteiger partial charge < -0.3 is 5.11 Å². The molecule has 0 saturated heterocycles. The molecule has 3 heteroatoms. The van der Waals surface area contributed by atoms with Crippen LogP contribution in [0.25, 0.3) is 0 Å². The van der Waals surface area contributed by atoms with Crippen LogP contribution in [0.5, 0.6) is 0 Å². The van der Waals surface area contributed by atoms with Crippen LogP contribution in [0.4, 0.5) is 0 Å². The Morgan fingerprint density at radius 3 is 2.50 bits per heavy atom. The second-order valence-corrected chi connectivity index (χ2v) is 3.13. The largest absolute Gasteiger partial charge is 0.478 e. The first-order chi connectivity index (χ1) is 4.68. The van der Waals surface area contributed by atoms with Crippen LogP contribution in [-0.2, 0) is 4.79 Å². The van der Waals surface area contributed by atoms with Gasteiger partial charge in [-0.25, -0.2) is 4.79 Å². The van der Waals surface area contributed by atoms with E-state index in [-0.39, 0.29) is 0 Å². The number of unbranched alkanes of at least 4 members (excludes halogenated alkanes) is 1. The zero-order valence-corrected chi connectivity index (χ0v) is 7.93. The average molecular weight is 254 g/mol. The molecule has 0 fully saturated rings. The van der Waals surface area contributed by atoms with Crippen LogP contribution < -0.4 is 0 Å². The van der Waals surface area contributed by atoms with Gasteiger partial charge in [0.25, 0.3) is 0 Å². The van der Waals surface area contributed by atoms with Crippen LogP contribution in [0.2, 0.25) is 0 Å². The zero-order valence-electron chi connectivity index (χ0n) is 5.77. The summed E-state index contributed by atoms with van der Waals surface area (Å²) in [6.07, 6.45) is 2.64. The molecule has 0 aliphatic carbocycles. The minimum atomic E-state index is -0.867. The van der Waals surface area contributed by atoms with Gasteiger partial charge in [-0.2, -0.15) is 0 Å². The minimum Gasteiger partial charge on any atom is -0.478 e. The van der Waals surface area contributed by atoms with E-state index in [0.29, 0.717) is 12.0 Å². The highest BCUT2D eigenvalue weighted by molar-refractivity contribution is 14.1. The molecule has 0 unspecified atom stereocenters. The maximum atomic E-state index is 10.2. The van der Waals surface area contributed by atoms with Crippen molar-refractivity contribution in [3.63, 3.8) is 0 Å². The summed E-state index contributed by atoms with van der Waals surface area (Å²) in [5.74, 6) is -0.867. The fourth-order valence-corrected chi connectivity index (χ4v) is 1.08. The van der Waals surface area contributed by atoms with E-state index in [0.717, 1.165) is 17.3 Å². The standard InChI is InChI=1S/C7H11IO2/c1-6(7(9)10)4-2-3-5-8/h1-5H2,(H,9,10). The number of hydrogen-bond acceptors (Lipinski definition) is 1. The number of carbonyl (C=O) groups is 1. The molecule has 0 aromatic carbocycles. The first-order valence-electron chi connectivity index (χ1n) is 3.15. The number of alkyl halides is 1. The molecule has 0 heterocycles. The van der Waals surface area contributed by atoms with Crippen molar-refractivity contribution in [1.82, 2.24) is 0 Å². The lowest BCUT2D eigenvalue weighted by molar-refractivity contribution is -0.132. The van der Waals surface area contributed by atoms with Crippen LogP contribution in [0, 0.1) is 0 Å². The van der Waals surface area contributed by atoms with Crippen molar-refractivity contribution < 1.29 is 9.90 Å². The van der Waals surface area contributed by atoms with Gasteiger partial charge in [-0.05, 0) is 23.7 Å². The van der Waals surface area contributed by atoms with Crippen LogP contribution in [0.15, 0.2) is 12.2 Å². The Morgan fingerprint density at radius 2 is 2.10 bits per heavy atom. The minimum absolute atomic E-state index is 0.324. The van der Waals surface area contributed by atoms with Crippen molar-refractivity contribution in [2.45, 2.75) is 19.3 Å². The van der Waals surface area contributed by atoms with E-state index in [2.05, 4.69) is 29.2 Å². The molecule has 0 spiro atoms. The summed E-state index contributed by atoms with van der Waals surface area (Å²) in [6, 6.07) is 0. The van der Waals surface area contributed by atoms with Crippen LogP contribution >= 0.6 is 22.6 Å². The Kier molecular flexibility index (Phi) is 5.67. The fraction of sp³-hybridized carbons (Fsp3) is 0.571. The van der Waals surface area contributed by atoms with Gasteiger partial charge >= 0.3 is 5.97 Å². The third-order valence-electron chi connectivity index (χ3n) is 1.16. The molecule has 0 radical (unpaired) electrons. The molecule has 0 aliphatic rings. The first kappa shape index (κ1) is 9.94. The molecule has 0 aliphatic heterocycles. The van der Waals surface area contributed by atoms with Crippen LogP contribution in [-0.4, -0.2) is 15.5 Å². The Labute approximate surface area is 74.5 Å². The summed E-state index contributed by atoms with van der Waals surface area (Å²) in [5, 5.41) is 8.38. The topological polar surface area (TPSA) is 37.3 Å². The number of carboxylic acid groups (broad SMARTS) is 1. The van der Waals surface area contributed by atoms with Crippen molar-refractivity contribution >= 4 is 28.6 Å². The van der Waals surface area contributed by atoms with E-state index < -0.39 is 5.97 Å². The summed E-state index contributed by atoms with van der Waals surface area (Å²) in [5.41, 5.74) is 0.324. The summed E-state index contributed by atoms with van der Waals surface area (Å²) in [7, 11) is 0. The number of rotatable bonds is 5.